The Morgan fingerprint density at radius 3 is 3.05 bits per heavy atom. The zero-order chi connectivity index (χ0) is 13.7. The molecular weight excluding hydrogens is 242 g/mol. The summed E-state index contributed by atoms with van der Waals surface area (Å²) in [6, 6.07) is 5.31. The van der Waals surface area contributed by atoms with Gasteiger partial charge in [-0.05, 0) is 24.6 Å². The van der Waals surface area contributed by atoms with Gasteiger partial charge in [-0.2, -0.15) is 5.10 Å². The van der Waals surface area contributed by atoms with E-state index in [1.54, 1.807) is 18.3 Å². The molecule has 2 rings (SSSR count). The van der Waals surface area contributed by atoms with E-state index in [0.29, 0.717) is 11.3 Å². The van der Waals surface area contributed by atoms with Crippen molar-refractivity contribution in [1.82, 2.24) is 10.2 Å². The number of H-pyrrole nitrogens is 1. The van der Waals surface area contributed by atoms with Gasteiger partial charge in [0.1, 0.15) is 6.61 Å². The molecule has 0 bridgehead atoms. The summed E-state index contributed by atoms with van der Waals surface area (Å²) in [6.45, 7) is 1.62. The first-order valence-corrected chi connectivity index (χ1v) is 5.72. The summed E-state index contributed by atoms with van der Waals surface area (Å²) < 4.78 is 0. The number of carbonyl (C=O) groups excluding carboxylic acids is 1. The Kier molecular flexibility index (Phi) is 3.96. The first kappa shape index (κ1) is 12.9. The smallest absolute Gasteiger partial charge is 0.256 e. The number of aromatic amines is 1. The fraction of sp³-hybridized carbons (Fsp3) is 0.143. The van der Waals surface area contributed by atoms with Gasteiger partial charge in [-0.25, -0.2) is 0 Å². The standard InChI is InChI=1S/C14H13N3O2/c1-10-11(5-3-7-18)4-2-6-13(10)14(19)17-12-8-15-16-9-12/h2,4,6,8-9,18H,7H2,1H3,(H,15,16)(H,17,19). The molecule has 19 heavy (non-hydrogen) atoms. The Hall–Kier alpha value is -2.58. The Balaban J connectivity index is 2.27. The number of hydrogen-bond acceptors (Lipinski definition) is 3. The van der Waals surface area contributed by atoms with Crippen LogP contribution in [-0.2, 0) is 0 Å². The number of nitrogens with zero attached hydrogens (tertiary/aromatic N) is 1. The lowest BCUT2D eigenvalue weighted by molar-refractivity contribution is 0.102. The number of aliphatic hydroxyl groups excluding tert-OH is 1. The molecule has 3 N–H and O–H groups in total. The highest BCUT2D eigenvalue weighted by Gasteiger charge is 2.11. The van der Waals surface area contributed by atoms with Crippen LogP contribution in [0.3, 0.4) is 0 Å². The summed E-state index contributed by atoms with van der Waals surface area (Å²) in [6.07, 6.45) is 3.13. The fourth-order valence-corrected chi connectivity index (χ4v) is 1.67. The minimum absolute atomic E-state index is 0.203. The number of nitrogens with one attached hydrogen (secondary N) is 2. The third-order valence-electron chi connectivity index (χ3n) is 2.64. The average Bonchev–Trinajstić information content (AvgIpc) is 2.90. The van der Waals surface area contributed by atoms with Crippen LogP contribution >= 0.6 is 0 Å². The number of aromatic nitrogens is 2. The van der Waals surface area contributed by atoms with E-state index in [1.807, 2.05) is 13.0 Å². The molecular formula is C14H13N3O2. The van der Waals surface area contributed by atoms with Crippen molar-refractivity contribution in [3.63, 3.8) is 0 Å². The second-order valence-electron chi connectivity index (χ2n) is 3.88. The zero-order valence-corrected chi connectivity index (χ0v) is 10.4. The molecule has 0 saturated heterocycles. The number of anilines is 1. The molecule has 0 aliphatic carbocycles. The quantitative estimate of drug-likeness (QED) is 0.708. The van der Waals surface area contributed by atoms with Crippen LogP contribution in [-0.4, -0.2) is 27.8 Å². The van der Waals surface area contributed by atoms with E-state index in [2.05, 4.69) is 27.4 Å². The van der Waals surface area contributed by atoms with E-state index in [-0.39, 0.29) is 12.5 Å². The topological polar surface area (TPSA) is 78.0 Å². The van der Waals surface area contributed by atoms with Crippen molar-refractivity contribution >= 4 is 11.6 Å². The van der Waals surface area contributed by atoms with Crippen LogP contribution in [0.4, 0.5) is 5.69 Å². The molecule has 0 spiro atoms. The summed E-state index contributed by atoms with van der Waals surface area (Å²) in [5.41, 5.74) is 2.67. The van der Waals surface area contributed by atoms with Crippen LogP contribution in [0.25, 0.3) is 0 Å². The van der Waals surface area contributed by atoms with Crippen LogP contribution in [0.5, 0.6) is 0 Å². The molecule has 0 fully saturated rings. The summed E-state index contributed by atoms with van der Waals surface area (Å²) in [5.74, 6) is 5.18. The van der Waals surface area contributed by atoms with Gasteiger partial charge in [0.05, 0.1) is 11.9 Å². The number of hydrogen-bond donors (Lipinski definition) is 3. The molecule has 0 radical (unpaired) electrons. The summed E-state index contributed by atoms with van der Waals surface area (Å²) in [4.78, 5) is 12.1. The highest BCUT2D eigenvalue weighted by atomic mass is 16.2. The van der Waals surface area contributed by atoms with Gasteiger partial charge < -0.3 is 10.4 Å². The second kappa shape index (κ2) is 5.85. The van der Waals surface area contributed by atoms with E-state index in [1.165, 1.54) is 6.20 Å². The minimum atomic E-state index is -0.216. The Bertz CT molecular complexity index is 636. The van der Waals surface area contributed by atoms with Crippen LogP contribution in [0, 0.1) is 18.8 Å². The zero-order valence-electron chi connectivity index (χ0n) is 10.4. The summed E-state index contributed by atoms with van der Waals surface area (Å²) in [7, 11) is 0. The van der Waals surface area contributed by atoms with Crippen molar-refractivity contribution in [3.8, 4) is 11.8 Å². The molecule has 0 aliphatic rings. The SMILES string of the molecule is Cc1c(C#CCO)cccc1C(=O)Nc1cn[nH]c1. The van der Waals surface area contributed by atoms with Crippen LogP contribution in [0.15, 0.2) is 30.6 Å². The first-order valence-electron chi connectivity index (χ1n) is 5.72. The van der Waals surface area contributed by atoms with E-state index < -0.39 is 0 Å². The van der Waals surface area contributed by atoms with Gasteiger partial charge in [0.25, 0.3) is 5.91 Å². The average molecular weight is 255 g/mol. The molecule has 0 saturated carbocycles. The van der Waals surface area contributed by atoms with Gasteiger partial charge >= 0.3 is 0 Å². The number of carbonyl (C=O) groups is 1. The van der Waals surface area contributed by atoms with E-state index in [9.17, 15) is 4.79 Å². The normalized spacial score (nSPS) is 9.58. The number of benzene rings is 1. The third-order valence-corrected chi connectivity index (χ3v) is 2.64. The van der Waals surface area contributed by atoms with Gasteiger partial charge in [0.2, 0.25) is 0 Å². The van der Waals surface area contributed by atoms with Gasteiger partial charge in [-0.15, -0.1) is 0 Å². The van der Waals surface area contributed by atoms with E-state index in [0.717, 1.165) is 11.1 Å². The molecule has 0 aliphatic heterocycles. The molecule has 1 aromatic heterocycles. The van der Waals surface area contributed by atoms with Crippen LogP contribution in [0.1, 0.15) is 21.5 Å². The highest BCUT2D eigenvalue weighted by Crippen LogP contribution is 2.15. The predicted molar refractivity (Wildman–Crippen MR) is 71.7 cm³/mol. The molecule has 96 valence electrons. The van der Waals surface area contributed by atoms with E-state index >= 15 is 0 Å². The predicted octanol–water partition coefficient (Wildman–Crippen LogP) is 1.31. The molecule has 5 nitrogen and oxygen atoms in total. The second-order valence-corrected chi connectivity index (χ2v) is 3.88. The monoisotopic (exact) mass is 255 g/mol. The maximum absolute atomic E-state index is 12.1. The van der Waals surface area contributed by atoms with Crippen molar-refractivity contribution in [2.75, 3.05) is 11.9 Å². The molecule has 0 atom stereocenters. The Labute approximate surface area is 110 Å². The van der Waals surface area contributed by atoms with Gasteiger partial charge in [0.15, 0.2) is 0 Å². The number of amides is 1. The summed E-state index contributed by atoms with van der Waals surface area (Å²) in [5, 5.41) is 17.8. The third kappa shape index (κ3) is 3.00. The lowest BCUT2D eigenvalue weighted by Gasteiger charge is -2.07. The first-order chi connectivity index (χ1) is 9.22. The van der Waals surface area contributed by atoms with Crippen molar-refractivity contribution in [1.29, 1.82) is 0 Å². The molecule has 0 unspecified atom stereocenters. The molecule has 1 heterocycles. The number of aliphatic hydroxyl groups is 1. The fourth-order valence-electron chi connectivity index (χ4n) is 1.67. The number of rotatable bonds is 2. The highest BCUT2D eigenvalue weighted by molar-refractivity contribution is 6.05. The molecule has 1 aromatic carbocycles. The van der Waals surface area contributed by atoms with Crippen LogP contribution < -0.4 is 5.32 Å². The van der Waals surface area contributed by atoms with Crippen LogP contribution in [0.2, 0.25) is 0 Å². The van der Waals surface area contributed by atoms with Crippen molar-refractivity contribution in [3.05, 3.63) is 47.3 Å². The molecule has 1 amide bonds. The van der Waals surface area contributed by atoms with Crippen molar-refractivity contribution in [2.45, 2.75) is 6.92 Å². The van der Waals surface area contributed by atoms with Crippen molar-refractivity contribution < 1.29 is 9.90 Å². The molecule has 5 heteroatoms. The lowest BCUT2D eigenvalue weighted by atomic mass is 10.0. The summed E-state index contributed by atoms with van der Waals surface area (Å²) >= 11 is 0. The Morgan fingerprint density at radius 1 is 1.53 bits per heavy atom. The van der Waals surface area contributed by atoms with Gasteiger partial charge in [-0.1, -0.05) is 17.9 Å². The lowest BCUT2D eigenvalue weighted by Crippen LogP contribution is -2.13. The maximum atomic E-state index is 12.1. The van der Waals surface area contributed by atoms with Crippen molar-refractivity contribution in [2.24, 2.45) is 0 Å². The minimum Gasteiger partial charge on any atom is -0.384 e. The largest absolute Gasteiger partial charge is 0.384 e. The Morgan fingerprint density at radius 2 is 2.37 bits per heavy atom. The maximum Gasteiger partial charge on any atom is 0.256 e. The van der Waals surface area contributed by atoms with Gasteiger partial charge in [-0.3, -0.25) is 9.89 Å². The van der Waals surface area contributed by atoms with E-state index in [4.69, 9.17) is 5.11 Å². The van der Waals surface area contributed by atoms with Gasteiger partial charge in [0, 0.05) is 17.3 Å². The molecule has 2 aromatic rings.